The van der Waals surface area contributed by atoms with Crippen molar-refractivity contribution in [2.75, 3.05) is 19.7 Å². The molecule has 5 rings (SSSR count). The van der Waals surface area contributed by atoms with Gasteiger partial charge in [-0.3, -0.25) is 4.79 Å². The van der Waals surface area contributed by atoms with Crippen molar-refractivity contribution in [2.45, 2.75) is 101 Å². The second-order valence-corrected chi connectivity index (χ2v) is 10.5. The molecular formula is C27H38N2O3. The third kappa shape index (κ3) is 3.67. The van der Waals surface area contributed by atoms with Gasteiger partial charge in [0, 0.05) is 30.5 Å². The molecule has 3 aliphatic heterocycles. The fourth-order valence-electron chi connectivity index (χ4n) is 7.23. The lowest BCUT2D eigenvalue weighted by Gasteiger charge is -2.47. The monoisotopic (exact) mass is 438 g/mol. The molecule has 0 N–H and O–H groups in total. The van der Waals surface area contributed by atoms with Crippen LogP contribution in [-0.4, -0.2) is 59.5 Å². The summed E-state index contributed by atoms with van der Waals surface area (Å²) in [5, 5.41) is 0. The molecule has 32 heavy (non-hydrogen) atoms. The maximum Gasteiger partial charge on any atom is 0.410 e. The van der Waals surface area contributed by atoms with Gasteiger partial charge in [-0.15, -0.1) is 0 Å². The average Bonchev–Trinajstić information content (AvgIpc) is 3.28. The Bertz CT molecular complexity index is 846. The third-order valence-corrected chi connectivity index (χ3v) is 8.86. The SMILES string of the molecule is CCCOC(=O)N1C2CC[C@@H]1CC(N1CCC3(CC1)CC(C(=O)CC)c1ccccc13)C2. The highest BCUT2D eigenvalue weighted by Gasteiger charge is 2.50. The topological polar surface area (TPSA) is 49.9 Å². The summed E-state index contributed by atoms with van der Waals surface area (Å²) in [6, 6.07) is 9.99. The van der Waals surface area contributed by atoms with E-state index in [2.05, 4.69) is 34.1 Å². The highest BCUT2D eigenvalue weighted by Crippen LogP contribution is 2.52. The number of piperidine rings is 2. The molecule has 0 aromatic heterocycles. The smallest absolute Gasteiger partial charge is 0.410 e. The lowest BCUT2D eigenvalue weighted by Crippen LogP contribution is -2.55. The van der Waals surface area contributed by atoms with Gasteiger partial charge in [0.2, 0.25) is 0 Å². The van der Waals surface area contributed by atoms with Crippen LogP contribution in [0, 0.1) is 0 Å². The van der Waals surface area contributed by atoms with E-state index in [0.29, 0.717) is 36.9 Å². The summed E-state index contributed by atoms with van der Waals surface area (Å²) in [5.74, 6) is 0.492. The number of likely N-dealkylation sites (tertiary alicyclic amines) is 1. The van der Waals surface area contributed by atoms with Gasteiger partial charge in [0.05, 0.1) is 6.61 Å². The van der Waals surface area contributed by atoms with Crippen LogP contribution in [0.15, 0.2) is 24.3 Å². The summed E-state index contributed by atoms with van der Waals surface area (Å²) >= 11 is 0. The number of rotatable bonds is 5. The van der Waals surface area contributed by atoms with E-state index in [1.807, 2.05) is 13.8 Å². The van der Waals surface area contributed by atoms with E-state index < -0.39 is 0 Å². The molecule has 3 heterocycles. The van der Waals surface area contributed by atoms with Crippen LogP contribution in [-0.2, 0) is 14.9 Å². The molecule has 0 radical (unpaired) electrons. The van der Waals surface area contributed by atoms with Crippen LogP contribution in [0.1, 0.15) is 88.7 Å². The van der Waals surface area contributed by atoms with Crippen molar-refractivity contribution >= 4 is 11.9 Å². The molecule has 0 saturated carbocycles. The number of fused-ring (bicyclic) bond motifs is 4. The summed E-state index contributed by atoms with van der Waals surface area (Å²) in [7, 11) is 0. The van der Waals surface area contributed by atoms with Gasteiger partial charge in [0.15, 0.2) is 0 Å². The molecule has 4 aliphatic rings. The van der Waals surface area contributed by atoms with Gasteiger partial charge >= 0.3 is 6.09 Å². The fraction of sp³-hybridized carbons (Fsp3) is 0.704. The standard InChI is InChI=1S/C27H38N2O3/c1-3-15-32-26(31)29-19-9-10-20(29)17-21(16-19)28-13-11-27(12-14-28)18-23(25(30)4-2)22-7-5-6-8-24(22)27/h5-8,19-21,23H,3-4,9-18H2,1-2H3/t19-,20?,21?,23?/m1/s1. The Morgan fingerprint density at radius 1 is 1.03 bits per heavy atom. The summed E-state index contributed by atoms with van der Waals surface area (Å²) in [4.78, 5) is 30.0. The number of hydrogen-bond acceptors (Lipinski definition) is 4. The van der Waals surface area contributed by atoms with Crippen LogP contribution in [0.4, 0.5) is 4.79 Å². The Labute approximate surface area is 192 Å². The Hall–Kier alpha value is -1.88. The number of ketones is 1. The van der Waals surface area contributed by atoms with E-state index in [4.69, 9.17) is 4.74 Å². The first kappa shape index (κ1) is 21.9. The van der Waals surface area contributed by atoms with Crippen molar-refractivity contribution in [3.05, 3.63) is 35.4 Å². The van der Waals surface area contributed by atoms with Crippen molar-refractivity contribution < 1.29 is 14.3 Å². The van der Waals surface area contributed by atoms with Crippen LogP contribution >= 0.6 is 0 Å². The summed E-state index contributed by atoms with van der Waals surface area (Å²) in [6.07, 6.45) is 9.10. The number of nitrogens with zero attached hydrogens (tertiary/aromatic N) is 2. The maximum absolute atomic E-state index is 12.7. The van der Waals surface area contributed by atoms with Crippen molar-refractivity contribution in [2.24, 2.45) is 0 Å². The Morgan fingerprint density at radius 2 is 1.72 bits per heavy atom. The molecule has 2 bridgehead atoms. The number of amides is 1. The zero-order chi connectivity index (χ0) is 22.3. The first-order chi connectivity index (χ1) is 15.6. The van der Waals surface area contributed by atoms with Gasteiger partial charge in [0.1, 0.15) is 5.78 Å². The number of Topliss-reactive ketones (excluding diaryl/α,β-unsaturated/α-hetero) is 1. The highest BCUT2D eigenvalue weighted by atomic mass is 16.6. The van der Waals surface area contributed by atoms with Gasteiger partial charge in [-0.2, -0.15) is 0 Å². The second kappa shape index (κ2) is 8.81. The fourth-order valence-corrected chi connectivity index (χ4v) is 7.23. The van der Waals surface area contributed by atoms with Gasteiger partial charge < -0.3 is 14.5 Å². The third-order valence-electron chi connectivity index (χ3n) is 8.86. The molecule has 5 nitrogen and oxygen atoms in total. The van der Waals surface area contributed by atoms with Gasteiger partial charge in [-0.25, -0.2) is 4.79 Å². The Kier molecular flexibility index (Phi) is 6.04. The molecule has 3 fully saturated rings. The van der Waals surface area contributed by atoms with Crippen LogP contribution in [0.3, 0.4) is 0 Å². The first-order valence-corrected chi connectivity index (χ1v) is 12.9. The number of carbonyl (C=O) groups is 2. The Balaban J connectivity index is 1.25. The minimum absolute atomic E-state index is 0.0930. The quantitative estimate of drug-likeness (QED) is 0.647. The lowest BCUT2D eigenvalue weighted by atomic mass is 9.72. The molecule has 174 valence electrons. The van der Waals surface area contributed by atoms with Crippen LogP contribution in [0.25, 0.3) is 0 Å². The zero-order valence-electron chi connectivity index (χ0n) is 19.7. The molecule has 1 aliphatic carbocycles. The van der Waals surface area contributed by atoms with Crippen LogP contribution in [0.2, 0.25) is 0 Å². The number of hydrogen-bond donors (Lipinski definition) is 0. The van der Waals surface area contributed by atoms with E-state index in [1.54, 1.807) is 0 Å². The van der Waals surface area contributed by atoms with Crippen LogP contribution < -0.4 is 0 Å². The molecule has 1 amide bonds. The molecule has 3 saturated heterocycles. The Morgan fingerprint density at radius 3 is 2.38 bits per heavy atom. The van der Waals surface area contributed by atoms with Crippen molar-refractivity contribution in [3.63, 3.8) is 0 Å². The lowest BCUT2D eigenvalue weighted by molar-refractivity contribution is -0.120. The predicted molar refractivity (Wildman–Crippen MR) is 125 cm³/mol. The largest absolute Gasteiger partial charge is 0.449 e. The van der Waals surface area contributed by atoms with Crippen molar-refractivity contribution in [1.82, 2.24) is 9.80 Å². The maximum atomic E-state index is 12.7. The van der Waals surface area contributed by atoms with E-state index in [1.165, 1.54) is 11.1 Å². The minimum Gasteiger partial charge on any atom is -0.449 e. The molecule has 3 unspecified atom stereocenters. The molecule has 4 atom stereocenters. The highest BCUT2D eigenvalue weighted by molar-refractivity contribution is 5.87. The molecule has 1 spiro atoms. The molecule has 1 aromatic carbocycles. The molecule has 5 heteroatoms. The molecular weight excluding hydrogens is 400 g/mol. The minimum atomic E-state index is -0.0930. The van der Waals surface area contributed by atoms with E-state index in [-0.39, 0.29) is 17.4 Å². The number of benzene rings is 1. The van der Waals surface area contributed by atoms with Crippen molar-refractivity contribution in [3.8, 4) is 0 Å². The zero-order valence-corrected chi connectivity index (χ0v) is 19.7. The van der Waals surface area contributed by atoms with E-state index >= 15 is 0 Å². The summed E-state index contributed by atoms with van der Waals surface area (Å²) < 4.78 is 5.47. The predicted octanol–water partition coefficient (Wildman–Crippen LogP) is 5.03. The van der Waals surface area contributed by atoms with E-state index in [9.17, 15) is 9.59 Å². The molecule has 1 aromatic rings. The van der Waals surface area contributed by atoms with Crippen LogP contribution in [0.5, 0.6) is 0 Å². The summed E-state index contributed by atoms with van der Waals surface area (Å²) in [5.41, 5.74) is 2.91. The second-order valence-electron chi connectivity index (χ2n) is 10.5. The average molecular weight is 439 g/mol. The van der Waals surface area contributed by atoms with Gasteiger partial charge in [-0.1, -0.05) is 38.1 Å². The number of ether oxygens (including phenoxy) is 1. The van der Waals surface area contributed by atoms with Gasteiger partial charge in [-0.05, 0) is 81.0 Å². The normalized spacial score (nSPS) is 31.0. The van der Waals surface area contributed by atoms with E-state index in [0.717, 1.165) is 64.5 Å². The van der Waals surface area contributed by atoms with Crippen molar-refractivity contribution in [1.29, 1.82) is 0 Å². The number of carbonyl (C=O) groups excluding carboxylic acids is 2. The first-order valence-electron chi connectivity index (χ1n) is 12.9. The summed E-state index contributed by atoms with van der Waals surface area (Å²) in [6.45, 7) is 6.77. The van der Waals surface area contributed by atoms with Gasteiger partial charge in [0.25, 0.3) is 0 Å².